The molecule has 0 saturated carbocycles. The minimum Gasteiger partial charge on any atom is -0.359 e. The highest BCUT2D eigenvalue weighted by atomic mass is 28.3. The molecule has 1 atom stereocenters. The summed E-state index contributed by atoms with van der Waals surface area (Å²) in [6.07, 6.45) is 3.57. The highest BCUT2D eigenvalue weighted by molar-refractivity contribution is 6.76. The molecule has 0 radical (unpaired) electrons. The van der Waals surface area contributed by atoms with Crippen LogP contribution in [-0.4, -0.2) is 42.5 Å². The molecule has 2 rings (SSSR count). The summed E-state index contributed by atoms with van der Waals surface area (Å²) in [4.78, 5) is 13.0. The zero-order valence-corrected chi connectivity index (χ0v) is 15.6. The van der Waals surface area contributed by atoms with Crippen LogP contribution >= 0.6 is 0 Å². The number of piperidine rings is 1. The van der Waals surface area contributed by atoms with Gasteiger partial charge in [-0.3, -0.25) is 10.1 Å². The first kappa shape index (κ1) is 17.9. The van der Waals surface area contributed by atoms with Crippen LogP contribution in [0.25, 0.3) is 0 Å². The molecule has 1 unspecified atom stereocenters. The van der Waals surface area contributed by atoms with E-state index in [1.807, 2.05) is 0 Å². The van der Waals surface area contributed by atoms with E-state index in [0.29, 0.717) is 18.3 Å². The number of hydrogen-bond acceptors (Lipinski definition) is 5. The van der Waals surface area contributed by atoms with Crippen molar-refractivity contribution in [3.63, 3.8) is 0 Å². The Bertz CT molecular complexity index is 541. The summed E-state index contributed by atoms with van der Waals surface area (Å²) in [5, 5.41) is 15.5. The highest BCUT2D eigenvalue weighted by Crippen LogP contribution is 2.31. The van der Waals surface area contributed by atoms with E-state index in [2.05, 4.69) is 36.6 Å². The fraction of sp³-hybridized carbons (Fsp3) is 0.800. The Kier molecular flexibility index (Phi) is 5.80. The molecular weight excluding hydrogens is 312 g/mol. The summed E-state index contributed by atoms with van der Waals surface area (Å²) in [7, 11) is -1.14. The summed E-state index contributed by atoms with van der Waals surface area (Å²) in [6, 6.07) is 1.08. The zero-order chi connectivity index (χ0) is 17.0. The number of aromatic nitrogens is 2. The summed E-state index contributed by atoms with van der Waals surface area (Å²) >= 11 is 0. The van der Waals surface area contributed by atoms with Gasteiger partial charge in [-0.1, -0.05) is 26.6 Å². The number of nitrogens with zero attached hydrogens (tertiary/aromatic N) is 4. The third-order valence-corrected chi connectivity index (χ3v) is 5.86. The lowest BCUT2D eigenvalue weighted by atomic mass is 10.0. The maximum absolute atomic E-state index is 11.3. The molecule has 1 saturated heterocycles. The normalized spacial score (nSPS) is 19.1. The Labute approximate surface area is 138 Å². The monoisotopic (exact) mass is 340 g/mol. The second-order valence-corrected chi connectivity index (χ2v) is 13.3. The maximum Gasteiger partial charge on any atom is 0.331 e. The van der Waals surface area contributed by atoms with Crippen LogP contribution in [0, 0.1) is 16.0 Å². The Morgan fingerprint density at radius 3 is 2.83 bits per heavy atom. The molecule has 0 amide bonds. The minimum absolute atomic E-state index is 0.0768. The van der Waals surface area contributed by atoms with Crippen molar-refractivity contribution in [2.24, 2.45) is 5.92 Å². The smallest absolute Gasteiger partial charge is 0.331 e. The SMILES string of the molecule is CC1CCCN(c2c([N+](=O)[O-])cnn2COCC[Si](C)(C)C)C1. The van der Waals surface area contributed by atoms with Crippen LogP contribution in [0.15, 0.2) is 6.20 Å². The molecule has 1 aliphatic rings. The second kappa shape index (κ2) is 7.44. The van der Waals surface area contributed by atoms with Crippen LogP contribution in [-0.2, 0) is 11.5 Å². The Morgan fingerprint density at radius 2 is 2.22 bits per heavy atom. The molecule has 1 aromatic rings. The van der Waals surface area contributed by atoms with Gasteiger partial charge in [-0.2, -0.15) is 5.10 Å². The largest absolute Gasteiger partial charge is 0.359 e. The predicted octanol–water partition coefficient (Wildman–Crippen LogP) is 3.34. The lowest BCUT2D eigenvalue weighted by Crippen LogP contribution is -2.36. The second-order valence-electron chi connectivity index (χ2n) is 7.65. The van der Waals surface area contributed by atoms with Crippen molar-refractivity contribution < 1.29 is 9.66 Å². The van der Waals surface area contributed by atoms with Gasteiger partial charge in [-0.05, 0) is 24.8 Å². The molecule has 1 aliphatic heterocycles. The molecule has 1 fully saturated rings. The molecule has 1 aromatic heterocycles. The predicted molar refractivity (Wildman–Crippen MR) is 93.6 cm³/mol. The molecule has 0 N–H and O–H groups in total. The summed E-state index contributed by atoms with van der Waals surface area (Å²) in [5.74, 6) is 1.13. The van der Waals surface area contributed by atoms with Crippen LogP contribution in [0.1, 0.15) is 19.8 Å². The standard InChI is InChI=1S/C15H28N4O3Si/c1-13-6-5-7-17(11-13)15-14(19(20)21)10-16-18(15)12-22-8-9-23(2,3)4/h10,13H,5-9,11-12H2,1-4H3. The van der Waals surface area contributed by atoms with Gasteiger partial charge in [0.15, 0.2) is 0 Å². The first-order valence-corrected chi connectivity index (χ1v) is 12.0. The number of rotatable bonds is 7. The fourth-order valence-corrected chi connectivity index (χ4v) is 3.59. The van der Waals surface area contributed by atoms with E-state index in [-0.39, 0.29) is 17.3 Å². The van der Waals surface area contributed by atoms with Crippen molar-refractivity contribution in [1.29, 1.82) is 0 Å². The fourth-order valence-electron chi connectivity index (χ4n) is 2.83. The topological polar surface area (TPSA) is 73.4 Å². The van der Waals surface area contributed by atoms with E-state index >= 15 is 0 Å². The van der Waals surface area contributed by atoms with Gasteiger partial charge in [0.05, 0.1) is 4.92 Å². The summed E-state index contributed by atoms with van der Waals surface area (Å²) < 4.78 is 7.37. The molecule has 0 bridgehead atoms. The molecule has 8 heteroatoms. The Hall–Kier alpha value is -1.41. The van der Waals surface area contributed by atoms with Gasteiger partial charge in [-0.25, -0.2) is 4.68 Å². The first-order chi connectivity index (χ1) is 10.8. The first-order valence-electron chi connectivity index (χ1n) is 8.31. The minimum atomic E-state index is -1.14. The van der Waals surface area contributed by atoms with Gasteiger partial charge < -0.3 is 9.64 Å². The number of nitro groups is 1. The maximum atomic E-state index is 11.3. The van der Waals surface area contributed by atoms with E-state index in [1.54, 1.807) is 4.68 Å². The van der Waals surface area contributed by atoms with Gasteiger partial charge in [0, 0.05) is 27.8 Å². The van der Waals surface area contributed by atoms with Crippen LogP contribution in [0.2, 0.25) is 25.7 Å². The molecule has 0 aromatic carbocycles. The van der Waals surface area contributed by atoms with Crippen molar-refractivity contribution in [3.8, 4) is 0 Å². The lowest BCUT2D eigenvalue weighted by Gasteiger charge is -2.32. The van der Waals surface area contributed by atoms with Crippen molar-refractivity contribution >= 4 is 19.6 Å². The van der Waals surface area contributed by atoms with Crippen molar-refractivity contribution in [2.75, 3.05) is 24.6 Å². The van der Waals surface area contributed by atoms with Crippen LogP contribution in [0.5, 0.6) is 0 Å². The number of hydrogen-bond donors (Lipinski definition) is 0. The number of anilines is 1. The van der Waals surface area contributed by atoms with E-state index < -0.39 is 8.07 Å². The average Bonchev–Trinajstić information content (AvgIpc) is 2.86. The molecule has 130 valence electrons. The van der Waals surface area contributed by atoms with E-state index in [4.69, 9.17) is 4.74 Å². The highest BCUT2D eigenvalue weighted by Gasteiger charge is 2.28. The van der Waals surface area contributed by atoms with Gasteiger partial charge in [-0.15, -0.1) is 0 Å². The molecule has 23 heavy (non-hydrogen) atoms. The molecule has 0 aliphatic carbocycles. The van der Waals surface area contributed by atoms with Crippen LogP contribution < -0.4 is 4.90 Å². The zero-order valence-electron chi connectivity index (χ0n) is 14.6. The van der Waals surface area contributed by atoms with Gasteiger partial charge in [0.1, 0.15) is 12.9 Å². The van der Waals surface area contributed by atoms with E-state index in [0.717, 1.165) is 25.6 Å². The van der Waals surface area contributed by atoms with Gasteiger partial charge in [0.25, 0.3) is 0 Å². The quantitative estimate of drug-likeness (QED) is 0.329. The third-order valence-electron chi connectivity index (χ3n) is 4.16. The van der Waals surface area contributed by atoms with Crippen LogP contribution in [0.3, 0.4) is 0 Å². The van der Waals surface area contributed by atoms with E-state index in [9.17, 15) is 10.1 Å². The van der Waals surface area contributed by atoms with E-state index in [1.165, 1.54) is 12.6 Å². The van der Waals surface area contributed by atoms with Crippen LogP contribution in [0.4, 0.5) is 11.5 Å². The third kappa shape index (κ3) is 5.03. The average molecular weight is 341 g/mol. The van der Waals surface area contributed by atoms with Crippen molar-refractivity contribution in [2.45, 2.75) is 52.2 Å². The lowest BCUT2D eigenvalue weighted by molar-refractivity contribution is -0.384. The summed E-state index contributed by atoms with van der Waals surface area (Å²) in [6.45, 7) is 11.7. The molecule has 7 nitrogen and oxygen atoms in total. The van der Waals surface area contributed by atoms with Gasteiger partial charge >= 0.3 is 5.69 Å². The van der Waals surface area contributed by atoms with Crippen molar-refractivity contribution in [3.05, 3.63) is 16.3 Å². The van der Waals surface area contributed by atoms with Crippen molar-refractivity contribution in [1.82, 2.24) is 9.78 Å². The molecule has 0 spiro atoms. The molecular formula is C15H28N4O3Si. The summed E-state index contributed by atoms with van der Waals surface area (Å²) in [5.41, 5.74) is 0.0768. The number of ether oxygens (including phenoxy) is 1. The molecule has 2 heterocycles. The Balaban J connectivity index is 2.08. The Morgan fingerprint density at radius 1 is 1.48 bits per heavy atom. The van der Waals surface area contributed by atoms with Gasteiger partial charge in [0.2, 0.25) is 5.82 Å².